The zero-order valence-electron chi connectivity index (χ0n) is 9.11. The van der Waals surface area contributed by atoms with Gasteiger partial charge < -0.3 is 10.6 Å². The van der Waals surface area contributed by atoms with E-state index in [1.165, 1.54) is 0 Å². The van der Waals surface area contributed by atoms with Crippen LogP contribution in [0.4, 0.5) is 5.69 Å². The first-order chi connectivity index (χ1) is 7.51. The minimum Gasteiger partial charge on any atom is -0.369 e. The van der Waals surface area contributed by atoms with Gasteiger partial charge in [0.2, 0.25) is 5.91 Å². The first-order valence-corrected chi connectivity index (χ1v) is 5.96. The highest BCUT2D eigenvalue weighted by Gasteiger charge is 2.38. The van der Waals surface area contributed by atoms with Crippen molar-refractivity contribution in [2.45, 2.75) is 13.3 Å². The highest BCUT2D eigenvalue weighted by molar-refractivity contribution is 9.10. The highest BCUT2D eigenvalue weighted by atomic mass is 79.9. The van der Waals surface area contributed by atoms with Gasteiger partial charge in [-0.25, -0.2) is 0 Å². The van der Waals surface area contributed by atoms with E-state index in [0.717, 1.165) is 23.1 Å². The van der Waals surface area contributed by atoms with Gasteiger partial charge in [-0.15, -0.1) is 0 Å². The maximum atomic E-state index is 11.3. The summed E-state index contributed by atoms with van der Waals surface area (Å²) in [6.07, 6.45) is 4.35. The molecule has 1 fully saturated rings. The van der Waals surface area contributed by atoms with Gasteiger partial charge in [0.15, 0.2) is 0 Å². The van der Waals surface area contributed by atoms with Crippen LogP contribution in [0.2, 0.25) is 0 Å². The van der Waals surface area contributed by atoms with Crippen LogP contribution in [0.15, 0.2) is 22.9 Å². The summed E-state index contributed by atoms with van der Waals surface area (Å²) in [5, 5.41) is 0. The molecule has 2 heterocycles. The molecule has 2 N–H and O–H groups in total. The predicted molar refractivity (Wildman–Crippen MR) is 66.1 cm³/mol. The second-order valence-electron chi connectivity index (χ2n) is 4.46. The van der Waals surface area contributed by atoms with Crippen molar-refractivity contribution >= 4 is 27.5 Å². The van der Waals surface area contributed by atoms with Gasteiger partial charge in [0.1, 0.15) is 0 Å². The van der Waals surface area contributed by atoms with Crippen LogP contribution < -0.4 is 10.6 Å². The van der Waals surface area contributed by atoms with Crippen LogP contribution in [0.1, 0.15) is 13.3 Å². The third-order valence-corrected chi connectivity index (χ3v) is 3.56. The fraction of sp³-hybridized carbons (Fsp3) is 0.455. The van der Waals surface area contributed by atoms with Crippen LogP contribution >= 0.6 is 15.9 Å². The highest BCUT2D eigenvalue weighted by Crippen LogP contribution is 2.33. The fourth-order valence-electron chi connectivity index (χ4n) is 1.96. The van der Waals surface area contributed by atoms with Crippen LogP contribution in [0.25, 0.3) is 0 Å². The van der Waals surface area contributed by atoms with E-state index in [2.05, 4.69) is 25.8 Å². The average molecular weight is 284 g/mol. The Hall–Kier alpha value is -1.10. The number of rotatable bonds is 2. The lowest BCUT2D eigenvalue weighted by Gasteiger charge is -2.22. The Labute approximate surface area is 103 Å². The average Bonchev–Trinajstić information content (AvgIpc) is 2.62. The topological polar surface area (TPSA) is 59.2 Å². The van der Waals surface area contributed by atoms with Crippen molar-refractivity contribution in [3.8, 4) is 0 Å². The largest absolute Gasteiger partial charge is 0.369 e. The first-order valence-electron chi connectivity index (χ1n) is 5.17. The van der Waals surface area contributed by atoms with Gasteiger partial charge in [-0.2, -0.15) is 0 Å². The second kappa shape index (κ2) is 4.05. The summed E-state index contributed by atoms with van der Waals surface area (Å²) in [5.41, 5.74) is 6.02. The molecule has 1 aromatic rings. The van der Waals surface area contributed by atoms with Crippen molar-refractivity contribution in [1.82, 2.24) is 4.98 Å². The monoisotopic (exact) mass is 283 g/mol. The van der Waals surface area contributed by atoms with Crippen molar-refractivity contribution < 1.29 is 4.79 Å². The van der Waals surface area contributed by atoms with E-state index in [1.807, 2.05) is 13.0 Å². The summed E-state index contributed by atoms with van der Waals surface area (Å²) in [7, 11) is 0. The standard InChI is InChI=1S/C11H14BrN3O/c1-11(10(13)16)2-3-15(7-11)9-4-8(12)5-14-6-9/h4-6H,2-3,7H2,1H3,(H2,13,16). The van der Waals surface area contributed by atoms with Crippen molar-refractivity contribution in [1.29, 1.82) is 0 Å². The van der Waals surface area contributed by atoms with E-state index in [4.69, 9.17) is 5.73 Å². The van der Waals surface area contributed by atoms with Gasteiger partial charge >= 0.3 is 0 Å². The van der Waals surface area contributed by atoms with Crippen LogP contribution in [0, 0.1) is 5.41 Å². The first kappa shape index (κ1) is 11.4. The smallest absolute Gasteiger partial charge is 0.225 e. The molecule has 0 aromatic carbocycles. The lowest BCUT2D eigenvalue weighted by atomic mass is 9.89. The molecule has 16 heavy (non-hydrogen) atoms. The number of anilines is 1. The quantitative estimate of drug-likeness (QED) is 0.896. The van der Waals surface area contributed by atoms with E-state index < -0.39 is 5.41 Å². The molecule has 1 amide bonds. The molecule has 1 atom stereocenters. The SMILES string of the molecule is CC1(C(N)=O)CCN(c2cncc(Br)c2)C1. The summed E-state index contributed by atoms with van der Waals surface area (Å²) >= 11 is 3.39. The van der Waals surface area contributed by atoms with E-state index in [1.54, 1.807) is 12.4 Å². The van der Waals surface area contributed by atoms with E-state index in [-0.39, 0.29) is 5.91 Å². The van der Waals surface area contributed by atoms with Crippen LogP contribution in [-0.2, 0) is 4.79 Å². The summed E-state index contributed by atoms with van der Waals surface area (Å²) in [6.45, 7) is 3.43. The van der Waals surface area contributed by atoms with Gasteiger partial charge in [-0.3, -0.25) is 9.78 Å². The molecule has 1 aliphatic heterocycles. The lowest BCUT2D eigenvalue weighted by molar-refractivity contribution is -0.125. The molecule has 1 unspecified atom stereocenters. The number of hydrogen-bond donors (Lipinski definition) is 1. The summed E-state index contributed by atoms with van der Waals surface area (Å²) in [5.74, 6) is -0.224. The number of primary amides is 1. The molecular weight excluding hydrogens is 270 g/mol. The van der Waals surface area contributed by atoms with Crippen molar-refractivity contribution in [3.63, 3.8) is 0 Å². The van der Waals surface area contributed by atoms with Gasteiger partial charge in [0.05, 0.1) is 17.3 Å². The third-order valence-electron chi connectivity index (χ3n) is 3.12. The number of hydrogen-bond acceptors (Lipinski definition) is 3. The Morgan fingerprint density at radius 1 is 1.62 bits per heavy atom. The number of carbonyl (C=O) groups is 1. The zero-order valence-corrected chi connectivity index (χ0v) is 10.7. The van der Waals surface area contributed by atoms with Crippen molar-refractivity contribution in [2.75, 3.05) is 18.0 Å². The minimum absolute atomic E-state index is 0.224. The Morgan fingerprint density at radius 3 is 2.94 bits per heavy atom. The van der Waals surface area contributed by atoms with Gasteiger partial charge in [-0.1, -0.05) is 0 Å². The Kier molecular flexibility index (Phi) is 2.88. The van der Waals surface area contributed by atoms with Gasteiger partial charge in [0, 0.05) is 23.8 Å². The molecule has 0 spiro atoms. The molecule has 1 aromatic heterocycles. The summed E-state index contributed by atoms with van der Waals surface area (Å²) in [6, 6.07) is 2.00. The summed E-state index contributed by atoms with van der Waals surface area (Å²) < 4.78 is 0.942. The molecule has 1 aliphatic rings. The fourth-order valence-corrected chi connectivity index (χ4v) is 2.31. The Balaban J connectivity index is 2.18. The zero-order chi connectivity index (χ0) is 11.8. The molecule has 0 radical (unpaired) electrons. The Bertz CT molecular complexity index is 423. The van der Waals surface area contributed by atoms with Gasteiger partial charge in [-0.05, 0) is 35.3 Å². The van der Waals surface area contributed by atoms with E-state index >= 15 is 0 Å². The summed E-state index contributed by atoms with van der Waals surface area (Å²) in [4.78, 5) is 17.6. The number of nitrogens with zero attached hydrogens (tertiary/aromatic N) is 2. The molecule has 0 bridgehead atoms. The van der Waals surface area contributed by atoms with Crippen LogP contribution in [-0.4, -0.2) is 24.0 Å². The number of nitrogens with two attached hydrogens (primary N) is 1. The van der Waals surface area contributed by atoms with E-state index in [9.17, 15) is 4.79 Å². The molecule has 0 aliphatic carbocycles. The minimum atomic E-state index is -0.414. The van der Waals surface area contributed by atoms with Gasteiger partial charge in [0.25, 0.3) is 0 Å². The molecular formula is C11H14BrN3O. The van der Waals surface area contributed by atoms with Crippen LogP contribution in [0.3, 0.4) is 0 Å². The molecule has 1 saturated heterocycles. The molecule has 5 heteroatoms. The number of halogens is 1. The number of amides is 1. The maximum absolute atomic E-state index is 11.3. The Morgan fingerprint density at radius 2 is 2.38 bits per heavy atom. The lowest BCUT2D eigenvalue weighted by Crippen LogP contribution is -2.37. The number of aromatic nitrogens is 1. The number of pyridine rings is 1. The van der Waals surface area contributed by atoms with E-state index in [0.29, 0.717) is 6.54 Å². The normalized spacial score (nSPS) is 24.8. The molecule has 2 rings (SSSR count). The molecule has 86 valence electrons. The predicted octanol–water partition coefficient (Wildman–Crippen LogP) is 1.55. The maximum Gasteiger partial charge on any atom is 0.225 e. The van der Waals surface area contributed by atoms with Crippen molar-refractivity contribution in [2.24, 2.45) is 11.1 Å². The second-order valence-corrected chi connectivity index (χ2v) is 5.37. The molecule has 0 saturated carbocycles. The van der Waals surface area contributed by atoms with Crippen LogP contribution in [0.5, 0.6) is 0 Å². The molecule has 4 nitrogen and oxygen atoms in total. The van der Waals surface area contributed by atoms with Crippen molar-refractivity contribution in [3.05, 3.63) is 22.9 Å². The third kappa shape index (κ3) is 2.04. The number of carbonyl (C=O) groups excluding carboxylic acids is 1.